The number of nitrogens with two attached hydrogens (primary N) is 8. The Bertz CT molecular complexity index is 491. The monoisotopic (exact) mass is 408 g/mol. The molecular weight excluding hydrogens is 372 g/mol. The van der Waals surface area contributed by atoms with Gasteiger partial charge in [0, 0.05) is 0 Å². The summed E-state index contributed by atoms with van der Waals surface area (Å²) >= 11 is 0. The molecule has 0 amide bonds. The molecule has 0 aliphatic carbocycles. The van der Waals surface area contributed by atoms with Gasteiger partial charge in [-0.15, -0.1) is 0 Å². The second kappa shape index (κ2) is 22.5. The van der Waals surface area contributed by atoms with E-state index in [0.717, 1.165) is 0 Å². The van der Waals surface area contributed by atoms with Crippen LogP contribution >= 0.6 is 0 Å². The highest BCUT2D eigenvalue weighted by Crippen LogP contribution is 1.74. The molecule has 0 radical (unpaired) electrons. The zero-order valence-corrected chi connectivity index (χ0v) is 13.0. The highest BCUT2D eigenvalue weighted by Gasteiger charge is 1.89. The van der Waals surface area contributed by atoms with E-state index >= 15 is 0 Å². The number of hydrogen-bond acceptors (Lipinski definition) is 5. The van der Waals surface area contributed by atoms with E-state index in [4.69, 9.17) is 72.9 Å². The van der Waals surface area contributed by atoms with E-state index in [9.17, 15) is 0 Å². The zero-order chi connectivity index (χ0) is 20.6. The average Bonchev–Trinajstić information content (AvgIpc) is 2.33. The van der Waals surface area contributed by atoms with Crippen LogP contribution in [0.25, 0.3) is 0 Å². The number of nitrogens with one attached hydrogen (secondary N) is 8. The lowest BCUT2D eigenvalue weighted by atomic mass is 10.9. The maximum Gasteiger partial charge on any atom is 0.248 e. The molecule has 0 rings (SSSR count). The second-order valence-corrected chi connectivity index (χ2v) is 3.43. The van der Waals surface area contributed by atoms with Crippen molar-refractivity contribution in [2.45, 2.75) is 22.3 Å². The van der Waals surface area contributed by atoms with Crippen molar-refractivity contribution in [1.82, 2.24) is 16.2 Å². The molecule has 0 saturated heterocycles. The summed E-state index contributed by atoms with van der Waals surface area (Å²) in [7, 11) is 0. The summed E-state index contributed by atoms with van der Waals surface area (Å²) < 4.78 is 0. The minimum absolute atomic E-state index is 0. The summed E-state index contributed by atoms with van der Waals surface area (Å²) in [6.45, 7) is 0. The van der Waals surface area contributed by atoms with Gasteiger partial charge in [-0.25, -0.2) is 0 Å². The van der Waals surface area contributed by atoms with Crippen LogP contribution in [0.5, 0.6) is 0 Å². The van der Waals surface area contributed by atoms with E-state index in [1.54, 1.807) is 0 Å². The first-order valence-electron chi connectivity index (χ1n) is 5.70. The Hall–Kier alpha value is -4.51. The Balaban J connectivity index is -0.0000000625. The predicted molar refractivity (Wildman–Crippen MR) is 117 cm³/mol. The molecule has 24 N–H and O–H groups in total. The van der Waals surface area contributed by atoms with Crippen LogP contribution in [-0.2, 0) is 0 Å². The molecule has 0 heterocycles. The van der Waals surface area contributed by atoms with Crippen molar-refractivity contribution in [2.24, 2.45) is 55.9 Å². The molecule has 18 heteroatoms. The van der Waals surface area contributed by atoms with Crippen LogP contribution in [0.15, 0.2) is 9.98 Å². The van der Waals surface area contributed by atoms with E-state index in [0.29, 0.717) is 0 Å². The molecule has 0 spiro atoms. The second-order valence-electron chi connectivity index (χ2n) is 3.43. The molecule has 0 unspecified atom stereocenters. The molecule has 0 fully saturated rings. The maximum atomic E-state index is 6.85. The fourth-order valence-electron chi connectivity index (χ4n) is 0.549. The molecule has 0 aliphatic heterocycles. The first-order chi connectivity index (χ1) is 11.3. The third-order valence-corrected chi connectivity index (χ3v) is 1.07. The molecule has 28 heavy (non-hydrogen) atoms. The molecule has 0 saturated carbocycles. The number of guanidine groups is 7. The number of rotatable bonds is 0. The van der Waals surface area contributed by atoms with Crippen LogP contribution in [0, 0.1) is 27.0 Å². The van der Waals surface area contributed by atoms with Crippen molar-refractivity contribution in [3.63, 3.8) is 0 Å². The van der Waals surface area contributed by atoms with Gasteiger partial charge in [0.25, 0.3) is 0 Å². The van der Waals surface area contributed by atoms with Crippen LogP contribution in [0.4, 0.5) is 0 Å². The van der Waals surface area contributed by atoms with E-state index in [1.165, 1.54) is 0 Å². The van der Waals surface area contributed by atoms with Crippen molar-refractivity contribution in [2.75, 3.05) is 0 Å². The van der Waals surface area contributed by atoms with Crippen molar-refractivity contribution < 1.29 is 0 Å². The summed E-state index contributed by atoms with van der Waals surface area (Å²) in [5.41, 5.74) is 42.9. The highest BCUT2D eigenvalue weighted by atomic mass is 15.4. The van der Waals surface area contributed by atoms with Gasteiger partial charge in [0.1, 0.15) is 0 Å². The molecule has 0 atom stereocenters. The predicted octanol–water partition coefficient (Wildman–Crippen LogP) is -4.39. The number of aliphatic imine (C=N–C) groups is 2. The summed E-state index contributed by atoms with van der Waals surface area (Å²) in [5, 5.41) is 34.9. The molecular formula is C10H36N18. The Labute approximate surface area is 164 Å². The van der Waals surface area contributed by atoms with Gasteiger partial charge in [-0.1, -0.05) is 22.3 Å². The van der Waals surface area contributed by atoms with Crippen LogP contribution in [0.3, 0.4) is 0 Å². The number of hydrogen-bond donors (Lipinski definition) is 16. The van der Waals surface area contributed by atoms with Gasteiger partial charge in [0.05, 0.1) is 0 Å². The minimum atomic E-state index is -0.417. The van der Waals surface area contributed by atoms with Crippen molar-refractivity contribution in [3.05, 3.63) is 0 Å². The summed E-state index contributed by atoms with van der Waals surface area (Å²) in [4.78, 5) is 6.45. The highest BCUT2D eigenvalue weighted by molar-refractivity contribution is 5.98. The lowest BCUT2D eigenvalue weighted by Crippen LogP contribution is -2.47. The van der Waals surface area contributed by atoms with Gasteiger partial charge in [-0.2, -0.15) is 9.98 Å². The van der Waals surface area contributed by atoms with Crippen LogP contribution in [0.1, 0.15) is 22.3 Å². The Morgan fingerprint density at radius 3 is 0.857 bits per heavy atom. The first kappa shape index (κ1) is 38.8. The molecule has 0 aliphatic rings. The van der Waals surface area contributed by atoms with Gasteiger partial charge in [0.2, 0.25) is 17.9 Å². The fraction of sp³-hybridized carbons (Fsp3) is 0.300. The fourth-order valence-corrected chi connectivity index (χ4v) is 0.549. The lowest BCUT2D eigenvalue weighted by molar-refractivity contribution is 0.833. The smallest absolute Gasteiger partial charge is 0.248 e. The molecule has 166 valence electrons. The van der Waals surface area contributed by atoms with Crippen molar-refractivity contribution in [3.8, 4) is 0 Å². The maximum absolute atomic E-state index is 6.85. The van der Waals surface area contributed by atoms with Gasteiger partial charge < -0.3 is 45.9 Å². The van der Waals surface area contributed by atoms with E-state index in [1.807, 2.05) is 5.32 Å². The third-order valence-electron chi connectivity index (χ3n) is 1.07. The molecule has 0 aromatic heterocycles. The van der Waals surface area contributed by atoms with Crippen LogP contribution < -0.4 is 62.0 Å². The van der Waals surface area contributed by atoms with Crippen molar-refractivity contribution in [1.29, 1.82) is 27.0 Å². The van der Waals surface area contributed by atoms with E-state index in [2.05, 4.69) is 20.8 Å². The quantitative estimate of drug-likeness (QED) is 0.103. The minimum Gasteiger partial charge on any atom is -0.370 e. The van der Waals surface area contributed by atoms with Gasteiger partial charge in [-0.3, -0.25) is 43.2 Å². The Morgan fingerprint density at radius 1 is 0.500 bits per heavy atom. The van der Waals surface area contributed by atoms with Gasteiger partial charge in [0.15, 0.2) is 23.8 Å². The number of nitrogens with zero attached hydrogens (tertiary/aromatic N) is 2. The summed E-state index contributed by atoms with van der Waals surface area (Å²) in [5.74, 6) is -2.11. The SMILES string of the molecule is C.C.C.N=C(N)NC(=N)N.N=C(N)NNC(=N)N.N=C(N=C(N)N)N=C(N)N. The summed E-state index contributed by atoms with van der Waals surface area (Å²) in [6, 6.07) is 0. The van der Waals surface area contributed by atoms with Gasteiger partial charge >= 0.3 is 0 Å². The normalized spacial score (nSPS) is 6.86. The molecule has 18 nitrogen and oxygen atoms in total. The van der Waals surface area contributed by atoms with Crippen LogP contribution in [-0.4, -0.2) is 41.7 Å². The Morgan fingerprint density at radius 2 is 0.750 bits per heavy atom. The topological polar surface area (TPSA) is 388 Å². The zero-order valence-electron chi connectivity index (χ0n) is 13.0. The van der Waals surface area contributed by atoms with E-state index < -0.39 is 5.96 Å². The van der Waals surface area contributed by atoms with Crippen LogP contribution in [0.2, 0.25) is 0 Å². The molecule has 0 aromatic carbocycles. The average molecular weight is 409 g/mol. The standard InChI is InChI=1S/C3H9N7.C2H8N6.C2H7N5.3CH4/c4-1(5)9-3(8)10-2(6)7;3-1(4)7-8-2(5)6;3-1(4)7-2(5)6;;;/h(H9,4,5,6,7,8,9,10);(H4,3,4,7)(H4,5,6,8);(H7,3,4,5,6,7);3*1H4. The Kier molecular flexibility index (Phi) is 31.2. The first-order valence-corrected chi connectivity index (χ1v) is 5.70. The number of hydrazine groups is 1. The van der Waals surface area contributed by atoms with E-state index in [-0.39, 0.29) is 58.0 Å². The van der Waals surface area contributed by atoms with Gasteiger partial charge in [-0.05, 0) is 0 Å². The molecule has 0 bridgehead atoms. The van der Waals surface area contributed by atoms with Crippen molar-refractivity contribution >= 4 is 41.7 Å². The summed E-state index contributed by atoms with van der Waals surface area (Å²) in [6.07, 6.45) is 0. The lowest BCUT2D eigenvalue weighted by Gasteiger charge is -2.02. The molecule has 0 aromatic rings. The third kappa shape index (κ3) is 57.8. The largest absolute Gasteiger partial charge is 0.370 e.